The molecule has 0 spiro atoms. The molecule has 4 unspecified atom stereocenters. The van der Waals surface area contributed by atoms with E-state index in [1.54, 1.807) is 5.57 Å². The number of rotatable bonds is 5. The fourth-order valence-corrected chi connectivity index (χ4v) is 4.01. The van der Waals surface area contributed by atoms with Gasteiger partial charge in [-0.2, -0.15) is 0 Å². The van der Waals surface area contributed by atoms with Crippen LogP contribution in [0.3, 0.4) is 0 Å². The highest BCUT2D eigenvalue weighted by Crippen LogP contribution is 2.34. The van der Waals surface area contributed by atoms with Crippen molar-refractivity contribution >= 4 is 5.97 Å². The third-order valence-electron chi connectivity index (χ3n) is 4.98. The summed E-state index contributed by atoms with van der Waals surface area (Å²) in [7, 11) is 0. The van der Waals surface area contributed by atoms with Crippen LogP contribution >= 0.6 is 0 Å². The first-order valence-electron chi connectivity index (χ1n) is 8.56. The highest BCUT2D eigenvalue weighted by Gasteiger charge is 2.33. The van der Waals surface area contributed by atoms with E-state index in [1.165, 1.54) is 39.3 Å². The van der Waals surface area contributed by atoms with Crippen LogP contribution in [0, 0.1) is 11.8 Å². The van der Waals surface area contributed by atoms with Gasteiger partial charge in [-0.3, -0.25) is 9.69 Å². The van der Waals surface area contributed by atoms with Crippen LogP contribution in [0.25, 0.3) is 0 Å². The molecule has 0 bridgehead atoms. The van der Waals surface area contributed by atoms with E-state index >= 15 is 0 Å². The Hall–Kier alpha value is -0.830. The Morgan fingerprint density at radius 3 is 2.90 bits per heavy atom. The van der Waals surface area contributed by atoms with Gasteiger partial charge in [0.05, 0.1) is 6.10 Å². The van der Waals surface area contributed by atoms with Gasteiger partial charge in [-0.25, -0.2) is 0 Å². The van der Waals surface area contributed by atoms with Crippen molar-refractivity contribution in [3.8, 4) is 0 Å². The predicted octanol–water partition coefficient (Wildman–Crippen LogP) is 3.78. The quantitative estimate of drug-likeness (QED) is 0.570. The van der Waals surface area contributed by atoms with Crippen molar-refractivity contribution in [2.45, 2.75) is 71.9 Å². The molecule has 0 aliphatic carbocycles. The molecule has 0 radical (unpaired) electrons. The minimum absolute atomic E-state index is 0.0385. The summed E-state index contributed by atoms with van der Waals surface area (Å²) in [6, 6.07) is 0.835. The van der Waals surface area contributed by atoms with E-state index < -0.39 is 0 Å². The average Bonchev–Trinajstić information content (AvgIpc) is 2.84. The minimum atomic E-state index is -0.172. The summed E-state index contributed by atoms with van der Waals surface area (Å²) >= 11 is 0. The monoisotopic (exact) mass is 293 g/mol. The van der Waals surface area contributed by atoms with E-state index in [9.17, 15) is 4.79 Å². The normalized spacial score (nSPS) is 31.0. The number of carbonyl (C=O) groups excluding carboxylic acids is 1. The second-order valence-corrected chi connectivity index (χ2v) is 7.16. The van der Waals surface area contributed by atoms with Gasteiger partial charge >= 0.3 is 5.97 Å². The number of hydrogen-bond acceptors (Lipinski definition) is 3. The van der Waals surface area contributed by atoms with Crippen molar-refractivity contribution < 1.29 is 9.53 Å². The van der Waals surface area contributed by atoms with Gasteiger partial charge in [0.1, 0.15) is 0 Å². The Bertz CT molecular complexity index is 391. The molecule has 2 fully saturated rings. The van der Waals surface area contributed by atoms with Gasteiger partial charge in [-0.15, -0.1) is 0 Å². The van der Waals surface area contributed by atoms with E-state index in [4.69, 9.17) is 4.74 Å². The fraction of sp³-hybridized carbons (Fsp3) is 0.833. The van der Waals surface area contributed by atoms with Gasteiger partial charge < -0.3 is 4.74 Å². The molecule has 2 saturated heterocycles. The first-order valence-corrected chi connectivity index (χ1v) is 8.56. The summed E-state index contributed by atoms with van der Waals surface area (Å²) in [4.78, 5) is 13.6. The Labute approximate surface area is 129 Å². The molecule has 3 heteroatoms. The summed E-state index contributed by atoms with van der Waals surface area (Å²) in [6.07, 6.45) is 8.59. The molecule has 0 aromatic heterocycles. The average molecular weight is 293 g/mol. The summed E-state index contributed by atoms with van der Waals surface area (Å²) in [5.41, 5.74) is 1.62. The zero-order valence-corrected chi connectivity index (χ0v) is 14.1. The summed E-state index contributed by atoms with van der Waals surface area (Å²) in [6.45, 7) is 10.6. The Morgan fingerprint density at radius 1 is 1.43 bits per heavy atom. The van der Waals surface area contributed by atoms with Crippen molar-refractivity contribution in [3.63, 3.8) is 0 Å². The SMILES string of the molecule is CC(=O)OC(C)CCC(C)/C=C1/CC(C)C2CCCN2C1. The van der Waals surface area contributed by atoms with Gasteiger partial charge in [-0.1, -0.05) is 25.5 Å². The van der Waals surface area contributed by atoms with Crippen LogP contribution in [-0.2, 0) is 9.53 Å². The number of ether oxygens (including phenoxy) is 1. The lowest BCUT2D eigenvalue weighted by Gasteiger charge is -2.36. The number of allylic oxidation sites excluding steroid dienone is 1. The van der Waals surface area contributed by atoms with Gasteiger partial charge in [0.15, 0.2) is 0 Å². The Kier molecular flexibility index (Phi) is 5.86. The van der Waals surface area contributed by atoms with Gasteiger partial charge in [-0.05, 0) is 57.4 Å². The molecule has 0 N–H and O–H groups in total. The molecule has 4 atom stereocenters. The molecule has 2 heterocycles. The van der Waals surface area contributed by atoms with Crippen LogP contribution in [0.2, 0.25) is 0 Å². The first-order chi connectivity index (χ1) is 9.95. The lowest BCUT2D eigenvalue weighted by Crippen LogP contribution is -2.40. The molecule has 2 rings (SSSR count). The number of carbonyl (C=O) groups is 1. The zero-order chi connectivity index (χ0) is 15.4. The standard InChI is InChI=1S/C18H31NO2/c1-13(7-8-15(3)21-16(4)20)10-17-11-14(2)18-6-5-9-19(18)12-17/h10,13-15,18H,5-9,11-12H2,1-4H3/b17-10-. The number of piperidine rings is 1. The van der Waals surface area contributed by atoms with Crippen LogP contribution in [0.4, 0.5) is 0 Å². The summed E-state index contributed by atoms with van der Waals surface area (Å²) < 4.78 is 5.20. The largest absolute Gasteiger partial charge is 0.463 e. The smallest absolute Gasteiger partial charge is 0.302 e. The van der Waals surface area contributed by atoms with Crippen LogP contribution in [-0.4, -0.2) is 36.1 Å². The molecule has 3 nitrogen and oxygen atoms in total. The van der Waals surface area contributed by atoms with Gasteiger partial charge in [0.2, 0.25) is 0 Å². The fourth-order valence-electron chi connectivity index (χ4n) is 4.01. The number of nitrogens with zero attached hydrogens (tertiary/aromatic N) is 1. The molecule has 0 aromatic carbocycles. The van der Waals surface area contributed by atoms with E-state index in [2.05, 4.69) is 24.8 Å². The van der Waals surface area contributed by atoms with Crippen molar-refractivity contribution in [1.82, 2.24) is 4.90 Å². The lowest BCUT2D eigenvalue weighted by molar-refractivity contribution is -0.145. The van der Waals surface area contributed by atoms with Crippen molar-refractivity contribution in [2.75, 3.05) is 13.1 Å². The topological polar surface area (TPSA) is 29.5 Å². The van der Waals surface area contributed by atoms with Crippen LogP contribution in [0.15, 0.2) is 11.6 Å². The van der Waals surface area contributed by atoms with Crippen molar-refractivity contribution in [1.29, 1.82) is 0 Å². The zero-order valence-electron chi connectivity index (χ0n) is 14.1. The van der Waals surface area contributed by atoms with E-state index in [0.29, 0.717) is 5.92 Å². The van der Waals surface area contributed by atoms with E-state index in [1.807, 2.05) is 6.92 Å². The maximum Gasteiger partial charge on any atom is 0.302 e. The molecule has 120 valence electrons. The third kappa shape index (κ3) is 4.84. The van der Waals surface area contributed by atoms with Crippen LogP contribution < -0.4 is 0 Å². The maximum absolute atomic E-state index is 10.9. The second kappa shape index (κ2) is 7.44. The second-order valence-electron chi connectivity index (χ2n) is 7.16. The van der Waals surface area contributed by atoms with Gasteiger partial charge in [0, 0.05) is 19.5 Å². The number of esters is 1. The van der Waals surface area contributed by atoms with E-state index in [0.717, 1.165) is 24.8 Å². The number of hydrogen-bond donors (Lipinski definition) is 0. The first kappa shape index (κ1) is 16.5. The highest BCUT2D eigenvalue weighted by atomic mass is 16.5. The molecule has 2 aliphatic heterocycles. The maximum atomic E-state index is 10.9. The molecular weight excluding hydrogens is 262 g/mol. The molecule has 21 heavy (non-hydrogen) atoms. The Balaban J connectivity index is 1.80. The van der Waals surface area contributed by atoms with Crippen molar-refractivity contribution in [2.24, 2.45) is 11.8 Å². The number of fused-ring (bicyclic) bond motifs is 1. The molecule has 2 aliphatic rings. The lowest BCUT2D eigenvalue weighted by atomic mass is 9.86. The van der Waals surface area contributed by atoms with Crippen LogP contribution in [0.5, 0.6) is 0 Å². The van der Waals surface area contributed by atoms with Crippen LogP contribution in [0.1, 0.15) is 59.8 Å². The molecule has 0 amide bonds. The predicted molar refractivity (Wildman–Crippen MR) is 86.1 cm³/mol. The molecule has 0 aromatic rings. The summed E-state index contributed by atoms with van der Waals surface area (Å²) in [5.74, 6) is 1.21. The van der Waals surface area contributed by atoms with Crippen molar-refractivity contribution in [3.05, 3.63) is 11.6 Å². The Morgan fingerprint density at radius 2 is 2.19 bits per heavy atom. The highest BCUT2D eigenvalue weighted by molar-refractivity contribution is 5.66. The molecule has 0 saturated carbocycles. The molecular formula is C18H31NO2. The van der Waals surface area contributed by atoms with Gasteiger partial charge in [0.25, 0.3) is 0 Å². The van der Waals surface area contributed by atoms with E-state index in [-0.39, 0.29) is 12.1 Å². The minimum Gasteiger partial charge on any atom is -0.463 e. The summed E-state index contributed by atoms with van der Waals surface area (Å²) in [5, 5.41) is 0. The third-order valence-corrected chi connectivity index (χ3v) is 4.98.